The lowest BCUT2D eigenvalue weighted by atomic mass is 10.2. The van der Waals surface area contributed by atoms with Gasteiger partial charge in [-0.3, -0.25) is 9.59 Å². The van der Waals surface area contributed by atoms with Crippen LogP contribution in [0.2, 0.25) is 5.02 Å². The zero-order valence-electron chi connectivity index (χ0n) is 13.4. The van der Waals surface area contributed by atoms with Crippen LogP contribution in [-0.2, 0) is 9.59 Å². The fourth-order valence-electron chi connectivity index (χ4n) is 1.82. The van der Waals surface area contributed by atoms with E-state index in [4.69, 9.17) is 16.3 Å². The van der Waals surface area contributed by atoms with Gasteiger partial charge in [-0.25, -0.2) is 0 Å². The van der Waals surface area contributed by atoms with Gasteiger partial charge in [0.15, 0.2) is 0 Å². The van der Waals surface area contributed by atoms with Crippen LogP contribution in [0, 0.1) is 6.92 Å². The second kappa shape index (κ2) is 8.76. The Hall–Kier alpha value is -1.98. The van der Waals surface area contributed by atoms with Gasteiger partial charge in [0.25, 0.3) is 0 Å². The third-order valence-electron chi connectivity index (χ3n) is 3.18. The minimum Gasteiger partial charge on any atom is -0.424 e. The number of nitrogens with one attached hydrogen (secondary N) is 1. The number of amides is 1. The molecule has 2 aromatic carbocycles. The van der Waals surface area contributed by atoms with Crippen molar-refractivity contribution in [2.45, 2.75) is 19.1 Å². The molecule has 2 rings (SSSR count). The maximum absolute atomic E-state index is 12.0. The van der Waals surface area contributed by atoms with Crippen LogP contribution in [0.25, 0.3) is 0 Å². The quantitative estimate of drug-likeness (QED) is 0.613. The smallest absolute Gasteiger partial charge is 0.324 e. The van der Waals surface area contributed by atoms with Crippen LogP contribution in [0.4, 0.5) is 5.69 Å². The van der Waals surface area contributed by atoms with Crippen molar-refractivity contribution in [3.8, 4) is 5.75 Å². The Labute approximate surface area is 150 Å². The molecule has 1 amide bonds. The average molecular weight is 364 g/mol. The second-order valence-corrected chi connectivity index (χ2v) is 6.96. The zero-order chi connectivity index (χ0) is 17.5. The Kier molecular flexibility index (Phi) is 6.70. The van der Waals surface area contributed by atoms with Gasteiger partial charge in [-0.15, -0.1) is 11.8 Å². The normalized spacial score (nSPS) is 11.6. The number of rotatable bonds is 6. The predicted octanol–water partition coefficient (Wildman–Crippen LogP) is 4.31. The van der Waals surface area contributed by atoms with E-state index in [0.717, 1.165) is 11.3 Å². The molecule has 0 aromatic heterocycles. The van der Waals surface area contributed by atoms with Crippen LogP contribution in [-0.4, -0.2) is 22.9 Å². The molecule has 4 nitrogen and oxygen atoms in total. The number of halogens is 1. The fourth-order valence-corrected chi connectivity index (χ4v) is 2.65. The summed E-state index contributed by atoms with van der Waals surface area (Å²) in [5, 5.41) is 2.68. The van der Waals surface area contributed by atoms with Crippen molar-refractivity contribution in [3.63, 3.8) is 0 Å². The lowest BCUT2D eigenvalue weighted by Crippen LogP contribution is -2.23. The summed E-state index contributed by atoms with van der Waals surface area (Å²) in [6, 6.07) is 14.3. The number of hydrogen-bond acceptors (Lipinski definition) is 4. The average Bonchev–Trinajstić information content (AvgIpc) is 2.56. The van der Waals surface area contributed by atoms with E-state index in [9.17, 15) is 9.59 Å². The fraction of sp³-hybridized carbons (Fsp3) is 0.222. The van der Waals surface area contributed by atoms with E-state index in [2.05, 4.69) is 5.32 Å². The van der Waals surface area contributed by atoms with Gasteiger partial charge in [0.1, 0.15) is 11.0 Å². The summed E-state index contributed by atoms with van der Waals surface area (Å²) in [5.74, 6) is -0.120. The molecule has 0 fully saturated rings. The van der Waals surface area contributed by atoms with Crippen LogP contribution in [0.3, 0.4) is 0 Å². The number of hydrogen-bond donors (Lipinski definition) is 1. The van der Waals surface area contributed by atoms with Crippen LogP contribution < -0.4 is 10.1 Å². The number of benzene rings is 2. The molecule has 0 bridgehead atoms. The van der Waals surface area contributed by atoms with E-state index in [1.54, 1.807) is 31.2 Å². The van der Waals surface area contributed by atoms with Crippen molar-refractivity contribution in [3.05, 3.63) is 59.1 Å². The van der Waals surface area contributed by atoms with Gasteiger partial charge in [-0.05, 0) is 38.1 Å². The summed E-state index contributed by atoms with van der Waals surface area (Å²) in [6.07, 6.45) is 0. The van der Waals surface area contributed by atoms with Gasteiger partial charge in [0.2, 0.25) is 5.91 Å². The monoisotopic (exact) mass is 363 g/mol. The highest BCUT2D eigenvalue weighted by atomic mass is 35.5. The summed E-state index contributed by atoms with van der Waals surface area (Å²) in [7, 11) is 0. The first-order valence-electron chi connectivity index (χ1n) is 7.40. The molecule has 0 aliphatic rings. The Bertz CT molecular complexity index is 718. The third-order valence-corrected chi connectivity index (χ3v) is 4.61. The summed E-state index contributed by atoms with van der Waals surface area (Å²) < 4.78 is 5.25. The minimum atomic E-state index is -0.481. The van der Waals surface area contributed by atoms with Crippen molar-refractivity contribution in [2.75, 3.05) is 11.1 Å². The predicted molar refractivity (Wildman–Crippen MR) is 98.8 cm³/mol. The summed E-state index contributed by atoms with van der Waals surface area (Å²) in [6.45, 7) is 3.68. The van der Waals surface area contributed by atoms with E-state index in [0.29, 0.717) is 10.8 Å². The van der Waals surface area contributed by atoms with Crippen molar-refractivity contribution in [1.82, 2.24) is 0 Å². The van der Waals surface area contributed by atoms with E-state index < -0.39 is 11.2 Å². The lowest BCUT2D eigenvalue weighted by Gasteiger charge is -2.12. The SMILES string of the molecule is Cc1ccc(NC(=O)CSC(C)C(=O)Oc2ccccc2Cl)cc1. The Balaban J connectivity index is 1.80. The molecule has 0 aliphatic carbocycles. The maximum Gasteiger partial charge on any atom is 0.324 e. The van der Waals surface area contributed by atoms with Gasteiger partial charge in [-0.2, -0.15) is 0 Å². The summed E-state index contributed by atoms with van der Waals surface area (Å²) in [4.78, 5) is 24.0. The number of aryl methyl sites for hydroxylation is 1. The van der Waals surface area contributed by atoms with Crippen molar-refractivity contribution in [1.29, 1.82) is 0 Å². The first-order chi connectivity index (χ1) is 11.5. The molecule has 2 aromatic rings. The maximum atomic E-state index is 12.0. The Morgan fingerprint density at radius 1 is 1.17 bits per heavy atom. The Morgan fingerprint density at radius 2 is 1.83 bits per heavy atom. The first-order valence-corrected chi connectivity index (χ1v) is 8.82. The highest BCUT2D eigenvalue weighted by molar-refractivity contribution is 8.01. The van der Waals surface area contributed by atoms with Crippen LogP contribution in [0.1, 0.15) is 12.5 Å². The van der Waals surface area contributed by atoms with Crippen molar-refractivity contribution >= 4 is 40.9 Å². The number of para-hydroxylation sites is 1. The molecule has 1 atom stereocenters. The van der Waals surface area contributed by atoms with Gasteiger partial charge in [0.05, 0.1) is 10.8 Å². The van der Waals surface area contributed by atoms with E-state index >= 15 is 0 Å². The molecular weight excluding hydrogens is 346 g/mol. The van der Waals surface area contributed by atoms with Crippen LogP contribution >= 0.6 is 23.4 Å². The molecule has 0 saturated carbocycles. The second-order valence-electron chi connectivity index (χ2n) is 5.22. The summed E-state index contributed by atoms with van der Waals surface area (Å²) >= 11 is 7.16. The van der Waals surface area contributed by atoms with E-state index in [-0.39, 0.29) is 11.7 Å². The number of esters is 1. The third kappa shape index (κ3) is 5.58. The van der Waals surface area contributed by atoms with Gasteiger partial charge in [-0.1, -0.05) is 41.4 Å². The molecular formula is C18H18ClNO3S. The largest absolute Gasteiger partial charge is 0.424 e. The topological polar surface area (TPSA) is 55.4 Å². The molecule has 0 aliphatic heterocycles. The highest BCUT2D eigenvalue weighted by Gasteiger charge is 2.18. The molecule has 1 unspecified atom stereocenters. The molecule has 6 heteroatoms. The van der Waals surface area contributed by atoms with Gasteiger partial charge < -0.3 is 10.1 Å². The standard InChI is InChI=1S/C18H18ClNO3S/c1-12-7-9-14(10-8-12)20-17(21)11-24-13(2)18(22)23-16-6-4-3-5-15(16)19/h3-10,13H,11H2,1-2H3,(H,20,21). The molecule has 0 saturated heterocycles. The number of thioether (sulfide) groups is 1. The molecule has 126 valence electrons. The van der Waals surface area contributed by atoms with Crippen molar-refractivity contribution in [2.24, 2.45) is 0 Å². The number of carbonyl (C=O) groups is 2. The number of anilines is 1. The summed E-state index contributed by atoms with van der Waals surface area (Å²) in [5.41, 5.74) is 1.86. The van der Waals surface area contributed by atoms with E-state index in [1.165, 1.54) is 11.8 Å². The number of ether oxygens (including phenoxy) is 1. The molecule has 0 radical (unpaired) electrons. The molecule has 24 heavy (non-hydrogen) atoms. The van der Waals surface area contributed by atoms with Gasteiger partial charge >= 0.3 is 5.97 Å². The van der Waals surface area contributed by atoms with Crippen LogP contribution in [0.5, 0.6) is 5.75 Å². The van der Waals surface area contributed by atoms with E-state index in [1.807, 2.05) is 31.2 Å². The number of carbonyl (C=O) groups excluding carboxylic acids is 2. The zero-order valence-corrected chi connectivity index (χ0v) is 15.0. The molecule has 0 heterocycles. The lowest BCUT2D eigenvalue weighted by molar-refractivity contribution is -0.133. The van der Waals surface area contributed by atoms with Crippen LogP contribution in [0.15, 0.2) is 48.5 Å². The van der Waals surface area contributed by atoms with Crippen molar-refractivity contribution < 1.29 is 14.3 Å². The van der Waals surface area contributed by atoms with Gasteiger partial charge in [0, 0.05) is 5.69 Å². The molecule has 0 spiro atoms. The minimum absolute atomic E-state index is 0.159. The molecule has 1 N–H and O–H groups in total. The first kappa shape index (κ1) is 18.4. The highest BCUT2D eigenvalue weighted by Crippen LogP contribution is 2.24. The Morgan fingerprint density at radius 3 is 2.50 bits per heavy atom.